The number of likely N-dealkylation sites (N-methyl/N-ethyl adjacent to an activating group) is 1. The van der Waals surface area contributed by atoms with E-state index in [1.807, 2.05) is 0 Å². The molecular weight excluding hydrogens is 512 g/mol. The van der Waals surface area contributed by atoms with Crippen LogP contribution in [0, 0.1) is 5.92 Å². The summed E-state index contributed by atoms with van der Waals surface area (Å²) in [6, 6.07) is -0.0874. The number of carbonyl (C=O) groups is 3. The highest BCUT2D eigenvalue weighted by molar-refractivity contribution is 5.83. The Morgan fingerprint density at radius 3 is 2.69 bits per heavy atom. The van der Waals surface area contributed by atoms with Crippen molar-refractivity contribution in [3.63, 3.8) is 0 Å². The van der Waals surface area contributed by atoms with Gasteiger partial charge in [-0.25, -0.2) is 19.7 Å². The van der Waals surface area contributed by atoms with Crippen LogP contribution in [0.15, 0.2) is 6.33 Å². The summed E-state index contributed by atoms with van der Waals surface area (Å²) >= 11 is 0. The number of anilines is 1. The molecule has 0 radical (unpaired) electrons. The van der Waals surface area contributed by atoms with Crippen LogP contribution in [0.25, 0.3) is 11.2 Å². The van der Waals surface area contributed by atoms with E-state index in [0.717, 1.165) is 19.3 Å². The van der Waals surface area contributed by atoms with E-state index in [9.17, 15) is 24.6 Å². The lowest BCUT2D eigenvalue weighted by Crippen LogP contribution is -2.52. The number of carbonyl (C=O) groups excluding carboxylic acids is 3. The fraction of sp³-hybridized carbons (Fsp3) is 0.667. The molecule has 6 N–H and O–H groups in total. The third-order valence-electron chi connectivity index (χ3n) is 7.47. The molecule has 3 aliphatic heterocycles. The number of rotatable bonds is 8. The number of hydrogen-bond donors (Lipinski definition) is 5. The number of ether oxygens (including phenoxy) is 2. The molecule has 0 bridgehead atoms. The number of β-lactam (4-membered cyclic amide) rings is 1. The molecule has 15 heteroatoms. The van der Waals surface area contributed by atoms with Crippen LogP contribution in [-0.2, 0) is 25.5 Å². The molecule has 3 amide bonds. The Morgan fingerprint density at radius 2 is 2.00 bits per heavy atom. The highest BCUT2D eigenvalue weighted by Gasteiger charge is 2.47. The van der Waals surface area contributed by atoms with Crippen LogP contribution in [0.4, 0.5) is 10.6 Å². The third kappa shape index (κ3) is 5.60. The van der Waals surface area contributed by atoms with Crippen LogP contribution < -0.4 is 16.4 Å². The first-order valence-corrected chi connectivity index (χ1v) is 13.2. The van der Waals surface area contributed by atoms with Gasteiger partial charge in [0.05, 0.1) is 18.8 Å². The van der Waals surface area contributed by atoms with E-state index in [1.54, 1.807) is 11.8 Å². The monoisotopic (exact) mass is 546 g/mol. The van der Waals surface area contributed by atoms with Gasteiger partial charge in [-0.15, -0.1) is 0 Å². The zero-order chi connectivity index (χ0) is 27.7. The number of piperidine rings is 1. The second-order valence-electron chi connectivity index (χ2n) is 10.2. The van der Waals surface area contributed by atoms with Gasteiger partial charge in [-0.1, -0.05) is 0 Å². The van der Waals surface area contributed by atoms with Gasteiger partial charge in [0.25, 0.3) is 5.91 Å². The lowest BCUT2D eigenvalue weighted by molar-refractivity contribution is -0.137. The van der Waals surface area contributed by atoms with Crippen molar-refractivity contribution < 1.29 is 34.1 Å². The summed E-state index contributed by atoms with van der Waals surface area (Å²) in [5.41, 5.74) is 6.82. The minimum Gasteiger partial charge on any atom is -0.447 e. The van der Waals surface area contributed by atoms with E-state index in [1.165, 1.54) is 10.9 Å². The maximum absolute atomic E-state index is 12.3. The normalized spacial score (nSPS) is 27.3. The molecule has 0 saturated carbocycles. The van der Waals surface area contributed by atoms with Crippen molar-refractivity contribution >= 4 is 34.9 Å². The van der Waals surface area contributed by atoms with Crippen molar-refractivity contribution in [2.24, 2.45) is 5.92 Å². The standard InChI is InChI=1S/C24H34N8O7/c1-2-26-22(36)19-17(34)18(35)23(39-19)32-11-27-16-20(25)29-14(30-21(16)32)4-3-12-5-7-31(8-6-12)24(37)38-10-13-9-15(33)28-13/h11-13,17-19,23,34-35H,2-10H2,1H3,(H,26,36)(H,28,33)(H2,25,29,30)/t13?,17?,18?,19-,23+/m0/s1. The summed E-state index contributed by atoms with van der Waals surface area (Å²) in [6.07, 6.45) is -0.726. The molecule has 2 aromatic heterocycles. The number of imidazole rings is 1. The number of aliphatic hydroxyl groups excluding tert-OH is 2. The van der Waals surface area contributed by atoms with E-state index >= 15 is 0 Å². The fourth-order valence-electron chi connectivity index (χ4n) is 5.20. The Bertz CT molecular complexity index is 1220. The van der Waals surface area contributed by atoms with Gasteiger partial charge in [0.1, 0.15) is 30.2 Å². The molecule has 0 spiro atoms. The Balaban J connectivity index is 1.18. The van der Waals surface area contributed by atoms with E-state index in [0.29, 0.717) is 55.4 Å². The molecule has 39 heavy (non-hydrogen) atoms. The first kappa shape index (κ1) is 27.0. The van der Waals surface area contributed by atoms with E-state index in [2.05, 4.69) is 25.6 Å². The molecule has 3 unspecified atom stereocenters. The minimum absolute atomic E-state index is 0.0282. The summed E-state index contributed by atoms with van der Waals surface area (Å²) in [5.74, 6) is 0.497. The number of nitrogens with one attached hydrogen (secondary N) is 2. The molecule has 212 valence electrons. The van der Waals surface area contributed by atoms with Gasteiger partial charge >= 0.3 is 6.09 Å². The fourth-order valence-corrected chi connectivity index (χ4v) is 5.20. The average Bonchev–Trinajstić information content (AvgIpc) is 3.46. The van der Waals surface area contributed by atoms with Gasteiger partial charge in [0.2, 0.25) is 5.91 Å². The number of amides is 3. The van der Waals surface area contributed by atoms with Gasteiger partial charge in [-0.3, -0.25) is 14.2 Å². The zero-order valence-corrected chi connectivity index (χ0v) is 21.7. The Morgan fingerprint density at radius 1 is 1.26 bits per heavy atom. The van der Waals surface area contributed by atoms with Crippen molar-refractivity contribution in [2.45, 2.75) is 69.6 Å². The van der Waals surface area contributed by atoms with Crippen LogP contribution in [0.5, 0.6) is 0 Å². The molecule has 2 aromatic rings. The summed E-state index contributed by atoms with van der Waals surface area (Å²) < 4.78 is 12.5. The number of fused-ring (bicyclic) bond motifs is 1. The lowest BCUT2D eigenvalue weighted by Gasteiger charge is -2.32. The SMILES string of the molecule is CCNC(=O)[C@H]1O[C@@H](n2cnc3c(N)nc(CCC4CCN(C(=O)OCC5CC(=O)N5)CC4)nc32)C(O)C1O. The van der Waals surface area contributed by atoms with E-state index < -0.39 is 30.4 Å². The topological polar surface area (TPSA) is 207 Å². The number of likely N-dealkylation sites (tertiary alicyclic amines) is 1. The number of nitrogen functional groups attached to an aromatic ring is 1. The summed E-state index contributed by atoms with van der Waals surface area (Å²) in [7, 11) is 0. The predicted octanol–water partition coefficient (Wildman–Crippen LogP) is -1.17. The van der Waals surface area contributed by atoms with Crippen molar-refractivity contribution in [3.05, 3.63) is 12.2 Å². The minimum atomic E-state index is -1.42. The Hall–Kier alpha value is -3.56. The first-order chi connectivity index (χ1) is 18.7. The lowest BCUT2D eigenvalue weighted by atomic mass is 9.92. The smallest absolute Gasteiger partial charge is 0.409 e. The van der Waals surface area contributed by atoms with Gasteiger partial charge in [0, 0.05) is 26.1 Å². The van der Waals surface area contributed by atoms with Crippen LogP contribution in [0.1, 0.15) is 44.7 Å². The first-order valence-electron chi connectivity index (χ1n) is 13.2. The second kappa shape index (κ2) is 11.3. The Labute approximate surface area is 224 Å². The third-order valence-corrected chi connectivity index (χ3v) is 7.47. The van der Waals surface area contributed by atoms with Crippen LogP contribution >= 0.6 is 0 Å². The highest BCUT2D eigenvalue weighted by Crippen LogP contribution is 2.32. The summed E-state index contributed by atoms with van der Waals surface area (Å²) in [4.78, 5) is 50.5. The molecule has 0 aromatic carbocycles. The molecule has 3 saturated heterocycles. The number of aromatic nitrogens is 4. The van der Waals surface area contributed by atoms with Crippen molar-refractivity contribution in [2.75, 3.05) is 32.0 Å². The number of nitrogens with two attached hydrogens (primary N) is 1. The number of aryl methyl sites for hydroxylation is 1. The molecule has 3 aliphatic rings. The molecule has 5 atom stereocenters. The maximum Gasteiger partial charge on any atom is 0.409 e. The highest BCUT2D eigenvalue weighted by atomic mass is 16.6. The largest absolute Gasteiger partial charge is 0.447 e. The number of nitrogens with zero attached hydrogens (tertiary/aromatic N) is 5. The van der Waals surface area contributed by atoms with Gasteiger partial charge in [-0.2, -0.15) is 0 Å². The predicted molar refractivity (Wildman–Crippen MR) is 135 cm³/mol. The van der Waals surface area contributed by atoms with Crippen molar-refractivity contribution in [1.82, 2.24) is 35.1 Å². The number of hydrogen-bond acceptors (Lipinski definition) is 11. The van der Waals surface area contributed by atoms with Gasteiger partial charge in [0.15, 0.2) is 23.8 Å². The van der Waals surface area contributed by atoms with E-state index in [-0.39, 0.29) is 30.5 Å². The zero-order valence-electron chi connectivity index (χ0n) is 21.7. The molecule has 15 nitrogen and oxygen atoms in total. The summed E-state index contributed by atoms with van der Waals surface area (Å²) in [6.45, 7) is 3.46. The number of aliphatic hydroxyl groups is 2. The van der Waals surface area contributed by atoms with Gasteiger partial charge in [-0.05, 0) is 32.1 Å². The van der Waals surface area contributed by atoms with Crippen LogP contribution in [-0.4, -0.2) is 103 Å². The second-order valence-corrected chi connectivity index (χ2v) is 10.2. The van der Waals surface area contributed by atoms with E-state index in [4.69, 9.17) is 15.2 Å². The van der Waals surface area contributed by atoms with Crippen LogP contribution in [0.3, 0.4) is 0 Å². The maximum atomic E-state index is 12.3. The molecule has 5 heterocycles. The molecular formula is C24H34N8O7. The molecule has 0 aliphatic carbocycles. The Kier molecular flexibility index (Phi) is 7.81. The van der Waals surface area contributed by atoms with Gasteiger partial charge < -0.3 is 41.0 Å². The molecule has 5 rings (SSSR count). The van der Waals surface area contributed by atoms with Crippen molar-refractivity contribution in [3.8, 4) is 0 Å². The average molecular weight is 547 g/mol. The quantitative estimate of drug-likeness (QED) is 0.249. The molecule has 3 fully saturated rings. The van der Waals surface area contributed by atoms with Crippen LogP contribution in [0.2, 0.25) is 0 Å². The van der Waals surface area contributed by atoms with Crippen molar-refractivity contribution in [1.29, 1.82) is 0 Å². The summed E-state index contributed by atoms with van der Waals surface area (Å²) in [5, 5.41) is 26.3.